The summed E-state index contributed by atoms with van der Waals surface area (Å²) in [5, 5.41) is 0. The molecule has 1 saturated heterocycles. The second kappa shape index (κ2) is 4.26. The van der Waals surface area contributed by atoms with E-state index in [-0.39, 0.29) is 11.8 Å². The number of nitrogens with zero attached hydrogens (tertiary/aromatic N) is 1. The topological polar surface area (TPSA) is 37.4 Å². The lowest BCUT2D eigenvalue weighted by Crippen LogP contribution is -2.39. The molecule has 0 atom stereocenters. The molecule has 1 aliphatic rings. The number of hydrogen-bond donors (Lipinski definition) is 0. The Balaban J connectivity index is 2.10. The molecular weight excluding hydrogens is 190 g/mol. The van der Waals surface area contributed by atoms with Crippen LogP contribution in [0.15, 0.2) is 30.3 Å². The second-order valence-corrected chi connectivity index (χ2v) is 3.71. The van der Waals surface area contributed by atoms with Crippen molar-refractivity contribution in [1.29, 1.82) is 0 Å². The molecule has 0 aliphatic carbocycles. The van der Waals surface area contributed by atoms with Gasteiger partial charge < -0.3 is 0 Å². The first-order valence-corrected chi connectivity index (χ1v) is 5.14. The summed E-state index contributed by atoms with van der Waals surface area (Å²) >= 11 is 0. The van der Waals surface area contributed by atoms with Crippen molar-refractivity contribution in [3.05, 3.63) is 35.9 Å². The van der Waals surface area contributed by atoms with E-state index in [0.717, 1.165) is 5.56 Å². The standard InChI is InChI=1S/C12H13NO2/c14-11-7-4-8-12(15)13(11)9-10-5-2-1-3-6-10/h1-3,5-6H,4,7-9H2. The Morgan fingerprint density at radius 1 is 1.00 bits per heavy atom. The summed E-state index contributed by atoms with van der Waals surface area (Å²) in [6.45, 7) is 0.415. The van der Waals surface area contributed by atoms with Crippen LogP contribution >= 0.6 is 0 Å². The first-order valence-electron chi connectivity index (χ1n) is 5.14. The quantitative estimate of drug-likeness (QED) is 0.686. The molecule has 0 bridgehead atoms. The third-order valence-corrected chi connectivity index (χ3v) is 2.57. The summed E-state index contributed by atoms with van der Waals surface area (Å²) in [6.07, 6.45) is 1.69. The Hall–Kier alpha value is -1.64. The molecule has 0 radical (unpaired) electrons. The van der Waals surface area contributed by atoms with Crippen molar-refractivity contribution in [2.75, 3.05) is 0 Å². The summed E-state index contributed by atoms with van der Waals surface area (Å²) in [5.74, 6) is -0.0924. The van der Waals surface area contributed by atoms with E-state index in [0.29, 0.717) is 25.8 Å². The van der Waals surface area contributed by atoms with Gasteiger partial charge in [-0.3, -0.25) is 14.5 Å². The maximum absolute atomic E-state index is 11.5. The molecule has 0 N–H and O–H groups in total. The van der Waals surface area contributed by atoms with E-state index in [1.165, 1.54) is 4.90 Å². The normalized spacial score (nSPS) is 16.9. The van der Waals surface area contributed by atoms with E-state index in [4.69, 9.17) is 0 Å². The SMILES string of the molecule is O=C1CCCC(=O)N1Cc1ccccc1. The van der Waals surface area contributed by atoms with Crippen LogP contribution in [-0.4, -0.2) is 16.7 Å². The van der Waals surface area contributed by atoms with Crippen molar-refractivity contribution in [2.45, 2.75) is 25.8 Å². The minimum atomic E-state index is -0.0462. The van der Waals surface area contributed by atoms with Crippen molar-refractivity contribution in [3.63, 3.8) is 0 Å². The Morgan fingerprint density at radius 3 is 2.20 bits per heavy atom. The van der Waals surface area contributed by atoms with Crippen LogP contribution in [0.2, 0.25) is 0 Å². The molecule has 78 valence electrons. The molecule has 2 amide bonds. The van der Waals surface area contributed by atoms with E-state index in [2.05, 4.69) is 0 Å². The Labute approximate surface area is 88.7 Å². The Kier molecular flexibility index (Phi) is 2.81. The number of hydrogen-bond acceptors (Lipinski definition) is 2. The van der Waals surface area contributed by atoms with Crippen molar-refractivity contribution in [3.8, 4) is 0 Å². The molecule has 1 heterocycles. The zero-order chi connectivity index (χ0) is 10.7. The summed E-state index contributed by atoms with van der Waals surface area (Å²) in [5.41, 5.74) is 1.00. The van der Waals surface area contributed by atoms with Gasteiger partial charge in [-0.2, -0.15) is 0 Å². The highest BCUT2D eigenvalue weighted by atomic mass is 16.2. The van der Waals surface area contributed by atoms with Crippen molar-refractivity contribution >= 4 is 11.8 Å². The second-order valence-electron chi connectivity index (χ2n) is 3.71. The maximum Gasteiger partial charge on any atom is 0.229 e. The van der Waals surface area contributed by atoms with Crippen LogP contribution in [0.25, 0.3) is 0 Å². The molecule has 0 saturated carbocycles. The highest BCUT2D eigenvalue weighted by molar-refractivity contribution is 5.97. The number of amides is 2. The Morgan fingerprint density at radius 2 is 1.60 bits per heavy atom. The van der Waals surface area contributed by atoms with Crippen LogP contribution in [-0.2, 0) is 16.1 Å². The number of carbonyl (C=O) groups excluding carboxylic acids is 2. The lowest BCUT2D eigenvalue weighted by atomic mass is 10.1. The van der Waals surface area contributed by atoms with E-state index < -0.39 is 0 Å². The van der Waals surface area contributed by atoms with Gasteiger partial charge in [0.05, 0.1) is 6.54 Å². The van der Waals surface area contributed by atoms with Gasteiger partial charge in [0, 0.05) is 12.8 Å². The van der Waals surface area contributed by atoms with E-state index in [9.17, 15) is 9.59 Å². The first-order chi connectivity index (χ1) is 7.27. The monoisotopic (exact) mass is 203 g/mol. The minimum Gasteiger partial charge on any atom is -0.278 e. The summed E-state index contributed by atoms with van der Waals surface area (Å²) < 4.78 is 0. The van der Waals surface area contributed by atoms with Gasteiger partial charge in [0.15, 0.2) is 0 Å². The lowest BCUT2D eigenvalue weighted by Gasteiger charge is -2.24. The fourth-order valence-electron chi connectivity index (χ4n) is 1.74. The average molecular weight is 203 g/mol. The van der Waals surface area contributed by atoms with E-state index in [1.807, 2.05) is 30.3 Å². The zero-order valence-electron chi connectivity index (χ0n) is 8.48. The van der Waals surface area contributed by atoms with Crippen LogP contribution in [0, 0.1) is 0 Å². The molecule has 1 fully saturated rings. The predicted molar refractivity (Wildman–Crippen MR) is 55.9 cm³/mol. The largest absolute Gasteiger partial charge is 0.278 e. The maximum atomic E-state index is 11.5. The van der Waals surface area contributed by atoms with Gasteiger partial charge in [-0.05, 0) is 12.0 Å². The fourth-order valence-corrected chi connectivity index (χ4v) is 1.74. The third kappa shape index (κ3) is 2.24. The molecule has 0 unspecified atom stereocenters. The van der Waals surface area contributed by atoms with E-state index in [1.54, 1.807) is 0 Å². The average Bonchev–Trinajstić information content (AvgIpc) is 2.25. The van der Waals surface area contributed by atoms with Gasteiger partial charge in [-0.15, -0.1) is 0 Å². The van der Waals surface area contributed by atoms with Gasteiger partial charge in [0.1, 0.15) is 0 Å². The number of piperidine rings is 1. The van der Waals surface area contributed by atoms with E-state index >= 15 is 0 Å². The lowest BCUT2D eigenvalue weighted by molar-refractivity contribution is -0.148. The predicted octanol–water partition coefficient (Wildman–Crippen LogP) is 1.73. The molecule has 0 aromatic heterocycles. The third-order valence-electron chi connectivity index (χ3n) is 2.57. The van der Waals surface area contributed by atoms with Gasteiger partial charge >= 0.3 is 0 Å². The zero-order valence-corrected chi connectivity index (χ0v) is 8.48. The van der Waals surface area contributed by atoms with Crippen LogP contribution in [0.1, 0.15) is 24.8 Å². The van der Waals surface area contributed by atoms with Crippen LogP contribution in [0.3, 0.4) is 0 Å². The highest BCUT2D eigenvalue weighted by Crippen LogP contribution is 2.15. The molecular formula is C12H13NO2. The molecule has 3 nitrogen and oxygen atoms in total. The van der Waals surface area contributed by atoms with Gasteiger partial charge in [-0.25, -0.2) is 0 Å². The van der Waals surface area contributed by atoms with Gasteiger partial charge in [-0.1, -0.05) is 30.3 Å². The molecule has 1 aliphatic heterocycles. The summed E-state index contributed by atoms with van der Waals surface area (Å²) in [7, 11) is 0. The fraction of sp³-hybridized carbons (Fsp3) is 0.333. The summed E-state index contributed by atoms with van der Waals surface area (Å²) in [4.78, 5) is 24.4. The Bertz CT molecular complexity index is 356. The number of rotatable bonds is 2. The van der Waals surface area contributed by atoms with Gasteiger partial charge in [0.2, 0.25) is 11.8 Å². The molecule has 1 aromatic carbocycles. The number of likely N-dealkylation sites (tertiary alicyclic amines) is 1. The molecule has 1 aromatic rings. The van der Waals surface area contributed by atoms with Crippen LogP contribution in [0.5, 0.6) is 0 Å². The van der Waals surface area contributed by atoms with Crippen LogP contribution in [0.4, 0.5) is 0 Å². The van der Waals surface area contributed by atoms with Crippen molar-refractivity contribution in [2.24, 2.45) is 0 Å². The number of carbonyl (C=O) groups is 2. The first kappa shape index (κ1) is 9.90. The highest BCUT2D eigenvalue weighted by Gasteiger charge is 2.25. The molecule has 0 spiro atoms. The number of imide groups is 1. The van der Waals surface area contributed by atoms with Gasteiger partial charge in [0.25, 0.3) is 0 Å². The minimum absolute atomic E-state index is 0.0462. The molecule has 3 heteroatoms. The molecule has 2 rings (SSSR count). The molecule has 15 heavy (non-hydrogen) atoms. The number of benzene rings is 1. The van der Waals surface area contributed by atoms with Crippen LogP contribution < -0.4 is 0 Å². The summed E-state index contributed by atoms with van der Waals surface area (Å²) in [6, 6.07) is 9.59. The van der Waals surface area contributed by atoms with Crippen molar-refractivity contribution in [1.82, 2.24) is 4.90 Å². The smallest absolute Gasteiger partial charge is 0.229 e. The van der Waals surface area contributed by atoms with Crippen molar-refractivity contribution < 1.29 is 9.59 Å².